The van der Waals surface area contributed by atoms with Crippen LogP contribution in [0.5, 0.6) is 5.75 Å². The van der Waals surface area contributed by atoms with Gasteiger partial charge in [0.05, 0.1) is 0 Å². The number of aromatic hydroxyl groups is 1. The standard InChI is InChI=1S/C14H14N2O2/c1-9-8-11(17)6-7-12(9)14(18)16-13-5-3-4-10(2)15-13/h3-8,17H,1-2H3,(H,15,16,18). The van der Waals surface area contributed by atoms with Crippen molar-refractivity contribution in [1.29, 1.82) is 0 Å². The van der Waals surface area contributed by atoms with Gasteiger partial charge in [0.25, 0.3) is 5.91 Å². The van der Waals surface area contributed by atoms with E-state index in [2.05, 4.69) is 10.3 Å². The van der Waals surface area contributed by atoms with Crippen LogP contribution < -0.4 is 5.32 Å². The highest BCUT2D eigenvalue weighted by Crippen LogP contribution is 2.17. The number of pyridine rings is 1. The maximum Gasteiger partial charge on any atom is 0.257 e. The Morgan fingerprint density at radius 3 is 2.67 bits per heavy atom. The summed E-state index contributed by atoms with van der Waals surface area (Å²) in [7, 11) is 0. The summed E-state index contributed by atoms with van der Waals surface area (Å²) in [5.41, 5.74) is 2.09. The molecule has 4 heteroatoms. The summed E-state index contributed by atoms with van der Waals surface area (Å²) in [6.45, 7) is 3.64. The Morgan fingerprint density at radius 2 is 2.00 bits per heavy atom. The molecular weight excluding hydrogens is 228 g/mol. The first kappa shape index (κ1) is 12.1. The molecule has 0 aliphatic heterocycles. The molecule has 0 atom stereocenters. The van der Waals surface area contributed by atoms with Crippen LogP contribution in [0.15, 0.2) is 36.4 Å². The van der Waals surface area contributed by atoms with E-state index in [4.69, 9.17) is 0 Å². The maximum absolute atomic E-state index is 12.0. The van der Waals surface area contributed by atoms with Crippen molar-refractivity contribution >= 4 is 11.7 Å². The predicted octanol–water partition coefficient (Wildman–Crippen LogP) is 2.66. The summed E-state index contributed by atoms with van der Waals surface area (Å²) in [5.74, 6) is 0.441. The number of aromatic nitrogens is 1. The second-order valence-electron chi connectivity index (χ2n) is 4.12. The SMILES string of the molecule is Cc1cccc(NC(=O)c2ccc(O)cc2C)n1. The lowest BCUT2D eigenvalue weighted by molar-refractivity contribution is 0.102. The first-order valence-electron chi connectivity index (χ1n) is 5.61. The Morgan fingerprint density at radius 1 is 1.22 bits per heavy atom. The first-order chi connectivity index (χ1) is 8.56. The predicted molar refractivity (Wildman–Crippen MR) is 69.8 cm³/mol. The molecule has 0 bridgehead atoms. The van der Waals surface area contributed by atoms with E-state index < -0.39 is 0 Å². The lowest BCUT2D eigenvalue weighted by Crippen LogP contribution is -2.14. The van der Waals surface area contributed by atoms with Gasteiger partial charge in [-0.3, -0.25) is 4.79 Å². The highest BCUT2D eigenvalue weighted by atomic mass is 16.3. The molecule has 1 amide bonds. The van der Waals surface area contributed by atoms with Gasteiger partial charge in [-0.2, -0.15) is 0 Å². The van der Waals surface area contributed by atoms with Gasteiger partial charge in [-0.1, -0.05) is 6.07 Å². The summed E-state index contributed by atoms with van der Waals surface area (Å²) < 4.78 is 0. The van der Waals surface area contributed by atoms with Crippen molar-refractivity contribution in [2.24, 2.45) is 0 Å². The van der Waals surface area contributed by atoms with E-state index in [0.717, 1.165) is 11.3 Å². The maximum atomic E-state index is 12.0. The molecule has 2 aromatic rings. The molecule has 4 nitrogen and oxygen atoms in total. The molecule has 1 aromatic carbocycles. The fourth-order valence-electron chi connectivity index (χ4n) is 1.70. The van der Waals surface area contributed by atoms with E-state index in [9.17, 15) is 9.90 Å². The molecule has 2 rings (SSSR count). The van der Waals surface area contributed by atoms with Crippen molar-refractivity contribution in [2.45, 2.75) is 13.8 Å². The van der Waals surface area contributed by atoms with E-state index in [-0.39, 0.29) is 11.7 Å². The van der Waals surface area contributed by atoms with Crippen LogP contribution in [-0.2, 0) is 0 Å². The summed E-state index contributed by atoms with van der Waals surface area (Å²) >= 11 is 0. The fourth-order valence-corrected chi connectivity index (χ4v) is 1.70. The highest BCUT2D eigenvalue weighted by Gasteiger charge is 2.10. The van der Waals surface area contributed by atoms with Gasteiger partial charge in [0, 0.05) is 11.3 Å². The third-order valence-corrected chi connectivity index (χ3v) is 2.58. The Balaban J connectivity index is 2.22. The molecule has 1 aromatic heterocycles. The number of carbonyl (C=O) groups is 1. The number of amides is 1. The highest BCUT2D eigenvalue weighted by molar-refractivity contribution is 6.04. The van der Waals surface area contributed by atoms with Crippen LogP contribution in [0.4, 0.5) is 5.82 Å². The van der Waals surface area contributed by atoms with Gasteiger partial charge in [0.2, 0.25) is 0 Å². The Labute approximate surface area is 105 Å². The molecule has 0 saturated carbocycles. The number of carbonyl (C=O) groups excluding carboxylic acids is 1. The van der Waals surface area contributed by atoms with E-state index in [1.54, 1.807) is 25.1 Å². The topological polar surface area (TPSA) is 62.2 Å². The number of aryl methyl sites for hydroxylation is 2. The van der Waals surface area contributed by atoms with Crippen molar-refractivity contribution in [1.82, 2.24) is 4.98 Å². The third kappa shape index (κ3) is 2.66. The van der Waals surface area contributed by atoms with Crippen molar-refractivity contribution in [2.75, 3.05) is 5.32 Å². The van der Waals surface area contributed by atoms with Crippen LogP contribution in [-0.4, -0.2) is 16.0 Å². The molecule has 0 saturated heterocycles. The van der Waals surface area contributed by atoms with Crippen molar-refractivity contribution in [3.05, 3.63) is 53.2 Å². The van der Waals surface area contributed by atoms with Gasteiger partial charge < -0.3 is 10.4 Å². The molecule has 0 aliphatic rings. The molecule has 0 fully saturated rings. The minimum absolute atomic E-state index is 0.151. The lowest BCUT2D eigenvalue weighted by atomic mass is 10.1. The zero-order valence-corrected chi connectivity index (χ0v) is 10.3. The zero-order valence-electron chi connectivity index (χ0n) is 10.3. The second-order valence-corrected chi connectivity index (χ2v) is 4.12. The number of hydrogen-bond acceptors (Lipinski definition) is 3. The molecule has 1 heterocycles. The fraction of sp³-hybridized carbons (Fsp3) is 0.143. The summed E-state index contributed by atoms with van der Waals surface area (Å²) in [5, 5.41) is 12.0. The van der Waals surface area contributed by atoms with Gasteiger partial charge in [-0.05, 0) is 49.7 Å². The van der Waals surface area contributed by atoms with Crippen molar-refractivity contribution in [3.8, 4) is 5.75 Å². The Hall–Kier alpha value is -2.36. The Kier molecular flexibility index (Phi) is 3.28. The number of phenolic OH excluding ortho intramolecular Hbond substituents is 1. The number of phenols is 1. The zero-order chi connectivity index (χ0) is 13.1. The summed E-state index contributed by atoms with van der Waals surface area (Å²) in [6, 6.07) is 10.1. The molecule has 92 valence electrons. The van der Waals surface area contributed by atoms with Gasteiger partial charge in [0.1, 0.15) is 11.6 Å². The number of hydrogen-bond donors (Lipinski definition) is 2. The van der Waals surface area contributed by atoms with Gasteiger partial charge in [-0.25, -0.2) is 4.98 Å². The van der Waals surface area contributed by atoms with Crippen LogP contribution in [0.2, 0.25) is 0 Å². The third-order valence-electron chi connectivity index (χ3n) is 2.58. The molecule has 0 unspecified atom stereocenters. The quantitative estimate of drug-likeness (QED) is 0.851. The Bertz CT molecular complexity index is 594. The summed E-state index contributed by atoms with van der Waals surface area (Å²) in [6.07, 6.45) is 0. The van der Waals surface area contributed by atoms with Gasteiger partial charge in [0.15, 0.2) is 0 Å². The molecule has 0 spiro atoms. The summed E-state index contributed by atoms with van der Waals surface area (Å²) in [4.78, 5) is 16.2. The number of anilines is 1. The molecule has 18 heavy (non-hydrogen) atoms. The number of nitrogens with one attached hydrogen (secondary N) is 1. The van der Waals surface area contributed by atoms with Crippen molar-refractivity contribution in [3.63, 3.8) is 0 Å². The van der Waals surface area contributed by atoms with Crippen LogP contribution in [0, 0.1) is 13.8 Å². The van der Waals surface area contributed by atoms with Gasteiger partial charge >= 0.3 is 0 Å². The van der Waals surface area contributed by atoms with E-state index in [0.29, 0.717) is 11.4 Å². The monoisotopic (exact) mass is 242 g/mol. The normalized spacial score (nSPS) is 10.1. The lowest BCUT2D eigenvalue weighted by Gasteiger charge is -2.07. The largest absolute Gasteiger partial charge is 0.508 e. The average Bonchev–Trinajstić information content (AvgIpc) is 2.28. The van der Waals surface area contributed by atoms with E-state index >= 15 is 0 Å². The minimum Gasteiger partial charge on any atom is -0.508 e. The number of benzene rings is 1. The van der Waals surface area contributed by atoms with Crippen LogP contribution >= 0.6 is 0 Å². The molecule has 0 radical (unpaired) electrons. The minimum atomic E-state index is -0.231. The van der Waals surface area contributed by atoms with E-state index in [1.807, 2.05) is 19.1 Å². The van der Waals surface area contributed by atoms with E-state index in [1.165, 1.54) is 6.07 Å². The number of rotatable bonds is 2. The van der Waals surface area contributed by atoms with Gasteiger partial charge in [-0.15, -0.1) is 0 Å². The second kappa shape index (κ2) is 4.87. The average molecular weight is 242 g/mol. The van der Waals surface area contributed by atoms with Crippen molar-refractivity contribution < 1.29 is 9.90 Å². The molecular formula is C14H14N2O2. The first-order valence-corrected chi connectivity index (χ1v) is 5.61. The van der Waals surface area contributed by atoms with Crippen LogP contribution in [0.3, 0.4) is 0 Å². The molecule has 2 N–H and O–H groups in total. The van der Waals surface area contributed by atoms with Crippen LogP contribution in [0.1, 0.15) is 21.6 Å². The number of nitrogens with zero attached hydrogens (tertiary/aromatic N) is 1. The smallest absolute Gasteiger partial charge is 0.257 e. The molecule has 0 aliphatic carbocycles. The van der Waals surface area contributed by atoms with Crippen LogP contribution in [0.25, 0.3) is 0 Å².